The van der Waals surface area contributed by atoms with Gasteiger partial charge in [-0.15, -0.1) is 0 Å². The topological polar surface area (TPSA) is 131 Å². The van der Waals surface area contributed by atoms with Gasteiger partial charge in [-0.3, -0.25) is 10.1 Å². The Morgan fingerprint density at radius 2 is 1.72 bits per heavy atom. The molecule has 5 rings (SSSR count). The third kappa shape index (κ3) is 8.97. The number of aryl methyl sites for hydroxylation is 1. The van der Waals surface area contributed by atoms with E-state index in [0.717, 1.165) is 26.4 Å². The van der Waals surface area contributed by atoms with Crippen molar-refractivity contribution in [2.45, 2.75) is 40.3 Å². The number of ether oxygens (including phenoxy) is 1. The Kier molecular flexibility index (Phi) is 10.5. The maximum Gasteiger partial charge on any atom is 0.411 e. The molecule has 236 valence electrons. The molecule has 5 aromatic rings. The molecule has 14 heteroatoms. The van der Waals surface area contributed by atoms with Crippen molar-refractivity contribution in [1.82, 2.24) is 19.9 Å². The third-order valence-electron chi connectivity index (χ3n) is 6.45. The molecule has 0 bridgehead atoms. The van der Waals surface area contributed by atoms with E-state index in [-0.39, 0.29) is 18.4 Å². The van der Waals surface area contributed by atoms with Crippen LogP contribution in [0.15, 0.2) is 89.0 Å². The van der Waals surface area contributed by atoms with Gasteiger partial charge in [0.15, 0.2) is 5.65 Å². The summed E-state index contributed by atoms with van der Waals surface area (Å²) in [5, 5.41) is 9.57. The Hall–Kier alpha value is -4.16. The molecule has 0 saturated carbocycles. The summed E-state index contributed by atoms with van der Waals surface area (Å²) in [6.07, 6.45) is 2.40. The number of benzene rings is 2. The molecule has 0 unspecified atom stereocenters. The minimum absolute atomic E-state index is 0.241. The Labute approximate surface area is 284 Å². The first-order valence-corrected chi connectivity index (χ1v) is 15.9. The van der Waals surface area contributed by atoms with Crippen molar-refractivity contribution < 1.29 is 14.3 Å². The number of pyridine rings is 2. The highest BCUT2D eigenvalue weighted by atomic mass is 35.6. The van der Waals surface area contributed by atoms with Crippen LogP contribution in [0.25, 0.3) is 11.0 Å². The Bertz CT molecular complexity index is 1870. The lowest BCUT2D eigenvalue weighted by Crippen LogP contribution is -2.21. The largest absolute Gasteiger partial charge is 0.445 e. The van der Waals surface area contributed by atoms with Crippen LogP contribution in [-0.2, 0) is 4.74 Å². The molecular weight excluding hydrogens is 669 g/mol. The number of carbonyl (C=O) groups is 2. The van der Waals surface area contributed by atoms with Crippen molar-refractivity contribution in [3.05, 3.63) is 96.1 Å². The standard InChI is InChI=1S/C32H28Cl3N7O3S/c1-18(2)24-11-10-23-28(40-24)37-17-38-29(23)41-25-14-20(30(43)42-27-13-4-19(3)15-36-27)5-12-26(25)46-22-8-6-21(7-9-22)39-31(44)45-16-32(33,34)35/h4-15,17-18H,16H2,1-3H3,(H,39,44)(H,36,42,43)(H,37,38,40,41). The Balaban J connectivity index is 1.41. The third-order valence-corrected chi connectivity index (χ3v) is 7.86. The average Bonchev–Trinajstić information content (AvgIpc) is 3.02. The number of amides is 2. The number of anilines is 4. The van der Waals surface area contributed by atoms with E-state index in [1.807, 2.05) is 43.3 Å². The lowest BCUT2D eigenvalue weighted by atomic mass is 10.1. The number of rotatable bonds is 9. The SMILES string of the molecule is Cc1ccc(NC(=O)c2ccc(Sc3ccc(NC(=O)OCC(Cl)(Cl)Cl)cc3)c(Nc3ncnc4nc(C(C)C)ccc34)c2)nc1. The maximum absolute atomic E-state index is 13.2. The first-order chi connectivity index (χ1) is 21.9. The first kappa shape index (κ1) is 33.2. The molecule has 3 heterocycles. The predicted octanol–water partition coefficient (Wildman–Crippen LogP) is 8.92. The van der Waals surface area contributed by atoms with Gasteiger partial charge in [0, 0.05) is 32.9 Å². The van der Waals surface area contributed by atoms with E-state index in [4.69, 9.17) is 44.5 Å². The van der Waals surface area contributed by atoms with E-state index in [0.29, 0.717) is 34.2 Å². The lowest BCUT2D eigenvalue weighted by Gasteiger charge is -2.15. The van der Waals surface area contributed by atoms with Gasteiger partial charge in [-0.2, -0.15) is 0 Å². The van der Waals surface area contributed by atoms with E-state index in [1.54, 1.807) is 36.5 Å². The van der Waals surface area contributed by atoms with Crippen LogP contribution in [-0.4, -0.2) is 42.3 Å². The Morgan fingerprint density at radius 3 is 2.41 bits per heavy atom. The van der Waals surface area contributed by atoms with Gasteiger partial charge in [0.2, 0.25) is 3.79 Å². The number of carbonyl (C=O) groups excluding carboxylic acids is 2. The molecule has 3 N–H and O–H groups in total. The minimum Gasteiger partial charge on any atom is -0.445 e. The fourth-order valence-corrected chi connectivity index (χ4v) is 5.17. The lowest BCUT2D eigenvalue weighted by molar-refractivity contribution is 0.102. The molecule has 0 aliphatic heterocycles. The molecule has 0 aliphatic rings. The average molecular weight is 697 g/mol. The van der Waals surface area contributed by atoms with Crippen LogP contribution < -0.4 is 16.0 Å². The second-order valence-corrected chi connectivity index (χ2v) is 14.1. The summed E-state index contributed by atoms with van der Waals surface area (Å²) in [6.45, 7) is 5.68. The zero-order valence-electron chi connectivity index (χ0n) is 24.8. The zero-order chi connectivity index (χ0) is 32.8. The number of aromatic nitrogens is 4. The molecule has 3 aromatic heterocycles. The van der Waals surface area contributed by atoms with Crippen molar-refractivity contribution in [3.8, 4) is 0 Å². The van der Waals surface area contributed by atoms with E-state index in [2.05, 4.69) is 44.7 Å². The van der Waals surface area contributed by atoms with Crippen molar-refractivity contribution in [3.63, 3.8) is 0 Å². The van der Waals surface area contributed by atoms with Gasteiger partial charge in [0.1, 0.15) is 24.6 Å². The summed E-state index contributed by atoms with van der Waals surface area (Å²) in [5.74, 6) is 0.914. The molecular formula is C32H28Cl3N7O3S. The van der Waals surface area contributed by atoms with Gasteiger partial charge in [-0.25, -0.2) is 24.7 Å². The monoisotopic (exact) mass is 695 g/mol. The molecule has 0 saturated heterocycles. The normalized spacial score (nSPS) is 11.4. The molecule has 0 aliphatic carbocycles. The minimum atomic E-state index is -1.71. The highest BCUT2D eigenvalue weighted by Crippen LogP contribution is 2.37. The van der Waals surface area contributed by atoms with Crippen molar-refractivity contribution in [2.24, 2.45) is 0 Å². The van der Waals surface area contributed by atoms with Gasteiger partial charge in [-0.1, -0.05) is 66.5 Å². The quantitative estimate of drug-likeness (QED) is 0.129. The zero-order valence-corrected chi connectivity index (χ0v) is 27.9. The summed E-state index contributed by atoms with van der Waals surface area (Å²) in [5.41, 5.74) is 4.03. The molecule has 46 heavy (non-hydrogen) atoms. The fourth-order valence-electron chi connectivity index (χ4n) is 4.13. The second-order valence-electron chi connectivity index (χ2n) is 10.4. The van der Waals surface area contributed by atoms with Crippen molar-refractivity contribution in [1.29, 1.82) is 0 Å². The summed E-state index contributed by atoms with van der Waals surface area (Å²) < 4.78 is 3.21. The van der Waals surface area contributed by atoms with Crippen LogP contribution in [0.4, 0.5) is 27.8 Å². The van der Waals surface area contributed by atoms with Crippen LogP contribution in [0.5, 0.6) is 0 Å². The fraction of sp³-hybridized carbons (Fsp3) is 0.188. The summed E-state index contributed by atoms with van der Waals surface area (Å²) >= 11 is 18.4. The highest BCUT2D eigenvalue weighted by molar-refractivity contribution is 7.99. The number of hydrogen-bond acceptors (Lipinski definition) is 9. The van der Waals surface area contributed by atoms with E-state index < -0.39 is 9.89 Å². The molecule has 2 amide bonds. The van der Waals surface area contributed by atoms with Crippen molar-refractivity contribution >= 4 is 92.6 Å². The number of hydrogen-bond donors (Lipinski definition) is 3. The van der Waals surface area contributed by atoms with Gasteiger partial charge in [0.05, 0.1) is 11.1 Å². The Morgan fingerprint density at radius 1 is 0.935 bits per heavy atom. The van der Waals surface area contributed by atoms with Gasteiger partial charge in [-0.05, 0) is 79.1 Å². The van der Waals surface area contributed by atoms with E-state index in [9.17, 15) is 9.59 Å². The number of alkyl halides is 3. The number of nitrogens with one attached hydrogen (secondary N) is 3. The van der Waals surface area contributed by atoms with Crippen LogP contribution in [0.1, 0.15) is 41.4 Å². The molecule has 0 radical (unpaired) electrons. The van der Waals surface area contributed by atoms with Gasteiger partial charge >= 0.3 is 6.09 Å². The smallest absolute Gasteiger partial charge is 0.411 e. The predicted molar refractivity (Wildman–Crippen MR) is 184 cm³/mol. The van der Waals surface area contributed by atoms with E-state index in [1.165, 1.54) is 18.1 Å². The highest BCUT2D eigenvalue weighted by Gasteiger charge is 2.22. The maximum atomic E-state index is 13.2. The summed E-state index contributed by atoms with van der Waals surface area (Å²) in [4.78, 5) is 44.8. The number of halogens is 3. The first-order valence-electron chi connectivity index (χ1n) is 14.0. The molecule has 2 aromatic carbocycles. The summed E-state index contributed by atoms with van der Waals surface area (Å²) in [6, 6.07) is 20.0. The van der Waals surface area contributed by atoms with Gasteiger partial charge < -0.3 is 15.4 Å². The number of nitrogens with zero attached hydrogens (tertiary/aromatic N) is 4. The molecule has 0 atom stereocenters. The van der Waals surface area contributed by atoms with Crippen molar-refractivity contribution in [2.75, 3.05) is 22.6 Å². The molecule has 0 spiro atoms. The van der Waals surface area contributed by atoms with Crippen LogP contribution >= 0.6 is 46.6 Å². The molecule has 10 nitrogen and oxygen atoms in total. The van der Waals surface area contributed by atoms with Gasteiger partial charge in [0.25, 0.3) is 5.91 Å². The number of fused-ring (bicyclic) bond motifs is 1. The van der Waals surface area contributed by atoms with Crippen LogP contribution in [0.3, 0.4) is 0 Å². The molecule has 0 fully saturated rings. The van der Waals surface area contributed by atoms with Crippen LogP contribution in [0, 0.1) is 6.92 Å². The summed E-state index contributed by atoms with van der Waals surface area (Å²) in [7, 11) is 0. The van der Waals surface area contributed by atoms with E-state index >= 15 is 0 Å². The van der Waals surface area contributed by atoms with Crippen LogP contribution in [0.2, 0.25) is 0 Å². The second kappa shape index (κ2) is 14.5.